The third-order valence-corrected chi connectivity index (χ3v) is 1.17. The van der Waals surface area contributed by atoms with Gasteiger partial charge >= 0.3 is 0 Å². The predicted molar refractivity (Wildman–Crippen MR) is 34.2 cm³/mol. The zero-order chi connectivity index (χ0) is 7.03. The molecule has 0 saturated carbocycles. The quantitative estimate of drug-likeness (QED) is 0.482. The maximum atomic E-state index is 9.36. The van der Waals surface area contributed by atoms with Gasteiger partial charge < -0.3 is 5.11 Å². The van der Waals surface area contributed by atoms with Gasteiger partial charge in [-0.3, -0.25) is 0 Å². The summed E-state index contributed by atoms with van der Waals surface area (Å²) in [4.78, 5) is 7.24. The maximum absolute atomic E-state index is 9.36. The topological polar surface area (TPSA) is 82.0 Å². The van der Waals surface area contributed by atoms with Crippen LogP contribution in [-0.4, -0.2) is 29.2 Å². The molecule has 50 valence electrons. The molecule has 1 N–H and O–H groups in total. The highest BCUT2D eigenvalue weighted by Crippen LogP contribution is 2.17. The zero-order valence-electron chi connectivity index (χ0n) is 4.84. The number of aliphatic hydroxyl groups is 1. The Morgan fingerprint density at radius 1 is 1.50 bits per heavy atom. The van der Waals surface area contributed by atoms with E-state index in [0.717, 1.165) is 0 Å². The Bertz CT molecular complexity index is 277. The van der Waals surface area contributed by atoms with E-state index < -0.39 is 5.72 Å². The van der Waals surface area contributed by atoms with Crippen LogP contribution in [0.25, 0.3) is 0 Å². The Kier molecular flexibility index (Phi) is 0.825. The fourth-order valence-corrected chi connectivity index (χ4v) is 0.681. The van der Waals surface area contributed by atoms with Crippen LogP contribution in [0.2, 0.25) is 0 Å². The Balaban J connectivity index is 2.51. The van der Waals surface area contributed by atoms with E-state index in [2.05, 4.69) is 25.4 Å². The summed E-state index contributed by atoms with van der Waals surface area (Å²) in [7, 11) is 0. The van der Waals surface area contributed by atoms with Crippen LogP contribution < -0.4 is 0 Å². The zero-order valence-corrected chi connectivity index (χ0v) is 4.84. The number of nitrogens with zero attached hydrogens (tertiary/aromatic N) is 5. The van der Waals surface area contributed by atoms with Crippen molar-refractivity contribution in [1.29, 1.82) is 0 Å². The molecule has 1 unspecified atom stereocenters. The first-order valence-electron chi connectivity index (χ1n) is 2.61. The van der Waals surface area contributed by atoms with Gasteiger partial charge in [-0.15, -0.1) is 10.2 Å². The summed E-state index contributed by atoms with van der Waals surface area (Å²) in [5.41, 5.74) is -1.49. The molecular formula is C4H3N5O. The fraction of sp³-hybridized carbons (Fsp3) is 0.250. The monoisotopic (exact) mass is 137 g/mol. The van der Waals surface area contributed by atoms with E-state index in [1.165, 1.54) is 12.6 Å². The average molecular weight is 137 g/mol. The molecular weight excluding hydrogens is 134 g/mol. The smallest absolute Gasteiger partial charge is 0.277 e. The molecule has 2 aliphatic heterocycles. The highest BCUT2D eigenvalue weighted by atomic mass is 16.3. The first-order valence-corrected chi connectivity index (χ1v) is 2.61. The molecule has 0 fully saturated rings. The van der Waals surface area contributed by atoms with Crippen LogP contribution in [-0.2, 0) is 0 Å². The van der Waals surface area contributed by atoms with Gasteiger partial charge in [0.25, 0.3) is 5.72 Å². The van der Waals surface area contributed by atoms with Crippen molar-refractivity contribution in [3.8, 4) is 0 Å². The van der Waals surface area contributed by atoms with E-state index in [1.807, 2.05) is 0 Å². The van der Waals surface area contributed by atoms with Crippen LogP contribution in [0.15, 0.2) is 25.4 Å². The lowest BCUT2D eigenvalue weighted by Crippen LogP contribution is -2.36. The van der Waals surface area contributed by atoms with Crippen LogP contribution in [0.5, 0.6) is 0 Å². The molecule has 0 spiro atoms. The highest BCUT2D eigenvalue weighted by Gasteiger charge is 2.36. The van der Waals surface area contributed by atoms with Gasteiger partial charge in [-0.05, 0) is 5.22 Å². The number of rotatable bonds is 0. The Morgan fingerprint density at radius 3 is 3.20 bits per heavy atom. The van der Waals surface area contributed by atoms with Crippen LogP contribution in [0.4, 0.5) is 0 Å². The third kappa shape index (κ3) is 0.532. The Hall–Kier alpha value is -1.43. The van der Waals surface area contributed by atoms with Crippen LogP contribution in [0.1, 0.15) is 0 Å². The van der Waals surface area contributed by atoms with Crippen molar-refractivity contribution in [3.63, 3.8) is 0 Å². The molecule has 2 rings (SSSR count). The summed E-state index contributed by atoms with van der Waals surface area (Å²) in [6, 6.07) is 0. The van der Waals surface area contributed by atoms with Crippen molar-refractivity contribution in [2.75, 3.05) is 0 Å². The maximum Gasteiger partial charge on any atom is 0.277 e. The fourth-order valence-electron chi connectivity index (χ4n) is 0.681. The first-order chi connectivity index (χ1) is 4.81. The minimum atomic E-state index is -1.49. The first kappa shape index (κ1) is 5.36. The molecule has 1 atom stereocenters. The second-order valence-corrected chi connectivity index (χ2v) is 1.86. The van der Waals surface area contributed by atoms with Gasteiger partial charge in [0.05, 0.1) is 6.21 Å². The molecule has 0 bridgehead atoms. The van der Waals surface area contributed by atoms with Crippen molar-refractivity contribution in [2.24, 2.45) is 25.4 Å². The van der Waals surface area contributed by atoms with Crippen molar-refractivity contribution >= 4 is 18.4 Å². The summed E-state index contributed by atoms with van der Waals surface area (Å²) < 4.78 is 0. The van der Waals surface area contributed by atoms with Crippen LogP contribution in [0.3, 0.4) is 0 Å². The Labute approximate surface area is 55.7 Å². The lowest BCUT2D eigenvalue weighted by atomic mass is 10.2. The van der Waals surface area contributed by atoms with Crippen LogP contribution in [0, 0.1) is 0 Å². The lowest BCUT2D eigenvalue weighted by Gasteiger charge is -2.11. The molecule has 2 heterocycles. The lowest BCUT2D eigenvalue weighted by molar-refractivity contribution is 0.195. The third-order valence-electron chi connectivity index (χ3n) is 1.17. The molecule has 0 aromatic carbocycles. The second kappa shape index (κ2) is 1.54. The molecule has 0 saturated heterocycles. The van der Waals surface area contributed by atoms with E-state index in [-0.39, 0.29) is 5.84 Å². The van der Waals surface area contributed by atoms with Crippen molar-refractivity contribution in [3.05, 3.63) is 0 Å². The molecule has 0 radical (unpaired) electrons. The van der Waals surface area contributed by atoms with Crippen molar-refractivity contribution < 1.29 is 5.11 Å². The summed E-state index contributed by atoms with van der Waals surface area (Å²) >= 11 is 0. The van der Waals surface area contributed by atoms with Gasteiger partial charge in [0.2, 0.25) is 5.84 Å². The minimum absolute atomic E-state index is 0.169. The summed E-state index contributed by atoms with van der Waals surface area (Å²) in [5, 5.41) is 19.5. The molecule has 2 aliphatic rings. The molecule has 6 nitrogen and oxygen atoms in total. The molecule has 0 aromatic rings. The SMILES string of the molecule is OC12C=NC=NC1=NN=N2. The molecule has 0 aromatic heterocycles. The van der Waals surface area contributed by atoms with Gasteiger partial charge in [0.15, 0.2) is 0 Å². The summed E-state index contributed by atoms with van der Waals surface area (Å²) in [6.07, 6.45) is 2.51. The van der Waals surface area contributed by atoms with E-state index in [0.29, 0.717) is 0 Å². The van der Waals surface area contributed by atoms with Gasteiger partial charge in [0.1, 0.15) is 6.34 Å². The normalized spacial score (nSPS) is 34.3. The average Bonchev–Trinajstić information content (AvgIpc) is 2.29. The number of hydrogen-bond donors (Lipinski definition) is 1. The number of fused-ring (bicyclic) bond motifs is 1. The van der Waals surface area contributed by atoms with E-state index in [1.54, 1.807) is 0 Å². The molecule has 0 amide bonds. The van der Waals surface area contributed by atoms with E-state index >= 15 is 0 Å². The van der Waals surface area contributed by atoms with E-state index in [9.17, 15) is 5.11 Å². The number of hydrogen-bond acceptors (Lipinski definition) is 6. The highest BCUT2D eigenvalue weighted by molar-refractivity contribution is 6.11. The van der Waals surface area contributed by atoms with Crippen molar-refractivity contribution in [1.82, 2.24) is 0 Å². The minimum Gasteiger partial charge on any atom is -0.357 e. The van der Waals surface area contributed by atoms with Gasteiger partial charge in [-0.25, -0.2) is 9.98 Å². The van der Waals surface area contributed by atoms with Crippen molar-refractivity contribution in [2.45, 2.75) is 5.72 Å². The molecule has 6 heteroatoms. The molecule has 10 heavy (non-hydrogen) atoms. The largest absolute Gasteiger partial charge is 0.357 e. The Morgan fingerprint density at radius 2 is 2.40 bits per heavy atom. The molecule has 0 aliphatic carbocycles. The summed E-state index contributed by atoms with van der Waals surface area (Å²) in [6.45, 7) is 0. The standard InChI is InChI=1S/C4H3N5O/c10-4-1-5-2-6-3(4)7-9-8-4/h1-2,10H. The van der Waals surface area contributed by atoms with Gasteiger partial charge in [-0.2, -0.15) is 0 Å². The van der Waals surface area contributed by atoms with E-state index in [4.69, 9.17) is 0 Å². The predicted octanol–water partition coefficient (Wildman–Crippen LogP) is -0.433. The van der Waals surface area contributed by atoms with Gasteiger partial charge in [0, 0.05) is 0 Å². The van der Waals surface area contributed by atoms with Crippen LogP contribution >= 0.6 is 0 Å². The number of aliphatic imine (C=N–C) groups is 2. The second-order valence-electron chi connectivity index (χ2n) is 1.86. The number of amidine groups is 1. The summed E-state index contributed by atoms with van der Waals surface area (Å²) in [5.74, 6) is 0.169. The van der Waals surface area contributed by atoms with Gasteiger partial charge in [-0.1, -0.05) is 0 Å².